The van der Waals surface area contributed by atoms with Crippen LogP contribution in [0.4, 0.5) is 0 Å². The highest BCUT2D eigenvalue weighted by molar-refractivity contribution is 7.10. The van der Waals surface area contributed by atoms with Crippen LogP contribution >= 0.6 is 11.3 Å². The molecule has 19 heavy (non-hydrogen) atoms. The molecule has 2 unspecified atom stereocenters. The van der Waals surface area contributed by atoms with E-state index in [1.807, 2.05) is 24.4 Å². The Morgan fingerprint density at radius 2 is 2.16 bits per heavy atom. The van der Waals surface area contributed by atoms with Crippen LogP contribution in [0.1, 0.15) is 38.1 Å². The normalized spacial score (nSPS) is 21.7. The van der Waals surface area contributed by atoms with Crippen molar-refractivity contribution in [2.24, 2.45) is 5.92 Å². The van der Waals surface area contributed by atoms with Gasteiger partial charge in [-0.3, -0.25) is 9.59 Å². The third-order valence-corrected chi connectivity index (χ3v) is 4.40. The van der Waals surface area contributed by atoms with E-state index in [0.717, 1.165) is 4.88 Å². The first-order valence-electron chi connectivity index (χ1n) is 6.62. The van der Waals surface area contributed by atoms with Gasteiger partial charge in [-0.1, -0.05) is 19.9 Å². The van der Waals surface area contributed by atoms with Crippen LogP contribution < -0.4 is 5.32 Å². The van der Waals surface area contributed by atoms with Gasteiger partial charge in [0.1, 0.15) is 12.6 Å². The number of nitrogens with zero attached hydrogens (tertiary/aromatic N) is 1. The van der Waals surface area contributed by atoms with Gasteiger partial charge in [-0.2, -0.15) is 0 Å². The number of carbonyl (C=O) groups excluding carboxylic acids is 2. The predicted molar refractivity (Wildman–Crippen MR) is 75.8 cm³/mol. The van der Waals surface area contributed by atoms with Crippen molar-refractivity contribution in [3.05, 3.63) is 22.4 Å². The maximum Gasteiger partial charge on any atom is 0.246 e. The first kappa shape index (κ1) is 14.1. The molecule has 5 heteroatoms. The summed E-state index contributed by atoms with van der Waals surface area (Å²) in [6.07, 6.45) is 0.693. The molecule has 1 N–H and O–H groups in total. The van der Waals surface area contributed by atoms with Crippen LogP contribution in [0, 0.1) is 5.92 Å². The molecule has 4 nitrogen and oxygen atoms in total. The minimum atomic E-state index is -0.372. The Labute approximate surface area is 117 Å². The topological polar surface area (TPSA) is 49.4 Å². The van der Waals surface area contributed by atoms with Crippen molar-refractivity contribution in [3.8, 4) is 0 Å². The van der Waals surface area contributed by atoms with Crippen LogP contribution in [0.5, 0.6) is 0 Å². The average molecular weight is 280 g/mol. The summed E-state index contributed by atoms with van der Waals surface area (Å²) < 4.78 is 0. The molecule has 0 saturated carbocycles. The smallest absolute Gasteiger partial charge is 0.246 e. The fourth-order valence-electron chi connectivity index (χ4n) is 2.38. The van der Waals surface area contributed by atoms with Crippen molar-refractivity contribution in [1.29, 1.82) is 0 Å². The van der Waals surface area contributed by atoms with E-state index in [9.17, 15) is 9.59 Å². The van der Waals surface area contributed by atoms with Crippen LogP contribution in [-0.2, 0) is 9.59 Å². The second kappa shape index (κ2) is 5.74. The Kier molecular flexibility index (Phi) is 4.24. The zero-order valence-electron chi connectivity index (χ0n) is 11.6. The van der Waals surface area contributed by atoms with Gasteiger partial charge in [-0.25, -0.2) is 0 Å². The van der Waals surface area contributed by atoms with Crippen molar-refractivity contribution in [2.45, 2.75) is 39.3 Å². The van der Waals surface area contributed by atoms with Gasteiger partial charge < -0.3 is 10.2 Å². The molecule has 0 spiro atoms. The minimum Gasteiger partial charge on any atom is -0.343 e. The number of piperazine rings is 1. The number of hydrogen-bond acceptors (Lipinski definition) is 3. The molecule has 1 aliphatic rings. The van der Waals surface area contributed by atoms with E-state index < -0.39 is 0 Å². The lowest BCUT2D eigenvalue weighted by atomic mass is 10.00. The fraction of sp³-hybridized carbons (Fsp3) is 0.571. The standard InChI is InChI=1S/C14H20N2O2S/c1-9(2)7-11-14(18)16(8-13(17)15-11)10(3)12-5-4-6-19-12/h4-6,9-11H,7-8H2,1-3H3,(H,15,17). The fourth-order valence-corrected chi connectivity index (χ4v) is 3.17. The van der Waals surface area contributed by atoms with Crippen molar-refractivity contribution in [3.63, 3.8) is 0 Å². The molecule has 1 aliphatic heterocycles. The van der Waals surface area contributed by atoms with Gasteiger partial charge in [0, 0.05) is 4.88 Å². The maximum absolute atomic E-state index is 12.5. The summed E-state index contributed by atoms with van der Waals surface area (Å²) in [5.41, 5.74) is 0. The lowest BCUT2D eigenvalue weighted by molar-refractivity contribution is -0.146. The molecule has 0 aromatic carbocycles. The zero-order valence-corrected chi connectivity index (χ0v) is 12.4. The zero-order chi connectivity index (χ0) is 14.0. The second-order valence-electron chi connectivity index (χ2n) is 5.41. The molecule has 0 radical (unpaired) electrons. The summed E-state index contributed by atoms with van der Waals surface area (Å²) in [6, 6.07) is 3.57. The molecule has 104 valence electrons. The van der Waals surface area contributed by atoms with E-state index in [1.165, 1.54) is 0 Å². The number of thiophene rings is 1. The minimum absolute atomic E-state index is 0.0341. The lowest BCUT2D eigenvalue weighted by Gasteiger charge is -2.36. The van der Waals surface area contributed by atoms with E-state index in [4.69, 9.17) is 0 Å². The molecule has 0 bridgehead atoms. The maximum atomic E-state index is 12.5. The lowest BCUT2D eigenvalue weighted by Crippen LogP contribution is -2.58. The van der Waals surface area contributed by atoms with Gasteiger partial charge in [0.15, 0.2) is 0 Å². The molecule has 1 fully saturated rings. The highest BCUT2D eigenvalue weighted by Gasteiger charge is 2.35. The van der Waals surface area contributed by atoms with Gasteiger partial charge in [-0.05, 0) is 30.7 Å². The molecule has 1 aromatic rings. The largest absolute Gasteiger partial charge is 0.343 e. The molecule has 1 saturated heterocycles. The molecule has 2 amide bonds. The van der Waals surface area contributed by atoms with E-state index in [0.29, 0.717) is 12.3 Å². The number of carbonyl (C=O) groups is 2. The summed E-state index contributed by atoms with van der Waals surface area (Å²) in [6.45, 7) is 6.25. The van der Waals surface area contributed by atoms with Crippen LogP contribution in [0.15, 0.2) is 17.5 Å². The molecule has 2 heterocycles. The van der Waals surface area contributed by atoms with Crippen LogP contribution in [0.3, 0.4) is 0 Å². The van der Waals surface area contributed by atoms with Gasteiger partial charge in [0.2, 0.25) is 11.8 Å². The highest BCUT2D eigenvalue weighted by atomic mass is 32.1. The quantitative estimate of drug-likeness (QED) is 0.919. The Bertz CT molecular complexity index is 456. The number of rotatable bonds is 4. The van der Waals surface area contributed by atoms with E-state index >= 15 is 0 Å². The molecule has 2 atom stereocenters. The monoisotopic (exact) mass is 280 g/mol. The molecular formula is C14H20N2O2S. The number of hydrogen-bond donors (Lipinski definition) is 1. The Hall–Kier alpha value is -1.36. The third-order valence-electron chi connectivity index (χ3n) is 3.36. The number of nitrogens with one attached hydrogen (secondary N) is 1. The molecule has 1 aromatic heterocycles. The Morgan fingerprint density at radius 1 is 1.42 bits per heavy atom. The van der Waals surface area contributed by atoms with Gasteiger partial charge in [0.25, 0.3) is 0 Å². The van der Waals surface area contributed by atoms with Crippen LogP contribution in [0.25, 0.3) is 0 Å². The summed E-state index contributed by atoms with van der Waals surface area (Å²) in [5, 5.41) is 4.79. The van der Waals surface area contributed by atoms with Gasteiger partial charge >= 0.3 is 0 Å². The first-order valence-corrected chi connectivity index (χ1v) is 7.50. The van der Waals surface area contributed by atoms with Gasteiger partial charge in [0.05, 0.1) is 6.04 Å². The van der Waals surface area contributed by atoms with E-state index in [2.05, 4.69) is 19.2 Å². The average Bonchev–Trinajstić information content (AvgIpc) is 2.85. The Balaban J connectivity index is 2.15. The SMILES string of the molecule is CC(C)CC1NC(=O)CN(C(C)c2cccs2)C1=O. The van der Waals surface area contributed by atoms with Crippen molar-refractivity contribution >= 4 is 23.2 Å². The van der Waals surface area contributed by atoms with Crippen molar-refractivity contribution in [1.82, 2.24) is 10.2 Å². The third kappa shape index (κ3) is 3.15. The summed E-state index contributed by atoms with van der Waals surface area (Å²) in [4.78, 5) is 27.1. The second-order valence-corrected chi connectivity index (χ2v) is 6.39. The van der Waals surface area contributed by atoms with Crippen LogP contribution in [0.2, 0.25) is 0 Å². The molecular weight excluding hydrogens is 260 g/mol. The first-order chi connectivity index (χ1) is 8.99. The van der Waals surface area contributed by atoms with E-state index in [-0.39, 0.29) is 30.4 Å². The Morgan fingerprint density at radius 3 is 2.74 bits per heavy atom. The molecule has 0 aliphatic carbocycles. The molecule has 2 rings (SSSR count). The number of amides is 2. The summed E-state index contributed by atoms with van der Waals surface area (Å²) in [5.74, 6) is 0.356. The predicted octanol–water partition coefficient (Wildman–Crippen LogP) is 2.18. The van der Waals surface area contributed by atoms with Gasteiger partial charge in [-0.15, -0.1) is 11.3 Å². The van der Waals surface area contributed by atoms with Crippen molar-refractivity contribution in [2.75, 3.05) is 6.54 Å². The van der Waals surface area contributed by atoms with Crippen LogP contribution in [-0.4, -0.2) is 29.3 Å². The highest BCUT2D eigenvalue weighted by Crippen LogP contribution is 2.27. The summed E-state index contributed by atoms with van der Waals surface area (Å²) in [7, 11) is 0. The van der Waals surface area contributed by atoms with E-state index in [1.54, 1.807) is 16.2 Å². The summed E-state index contributed by atoms with van der Waals surface area (Å²) >= 11 is 1.62. The van der Waals surface area contributed by atoms with Crippen molar-refractivity contribution < 1.29 is 9.59 Å².